The Hall–Kier alpha value is -4.07. The number of para-hydroxylation sites is 2. The molecule has 2 amide bonds. The monoisotopic (exact) mass is 402 g/mol. The molecule has 7 nitrogen and oxygen atoms in total. The zero-order valence-corrected chi connectivity index (χ0v) is 16.1. The topological polar surface area (TPSA) is 77.3 Å². The predicted molar refractivity (Wildman–Crippen MR) is 107 cm³/mol. The summed E-state index contributed by atoms with van der Waals surface area (Å²) in [4.78, 5) is 30.9. The highest BCUT2D eigenvalue weighted by atomic mass is 19.1. The molecule has 2 aromatic carbocycles. The maximum atomic E-state index is 13.5. The summed E-state index contributed by atoms with van der Waals surface area (Å²) in [6.07, 6.45) is 1.39. The lowest BCUT2D eigenvalue weighted by Crippen LogP contribution is -2.24. The van der Waals surface area contributed by atoms with E-state index in [0.717, 1.165) is 4.90 Å². The van der Waals surface area contributed by atoms with Crippen molar-refractivity contribution < 1.29 is 18.7 Å². The van der Waals surface area contributed by atoms with Crippen molar-refractivity contribution in [1.29, 1.82) is 0 Å². The number of benzene rings is 2. The van der Waals surface area contributed by atoms with E-state index in [2.05, 4.69) is 4.98 Å². The second-order valence-corrected chi connectivity index (χ2v) is 6.85. The van der Waals surface area contributed by atoms with Crippen LogP contribution in [-0.4, -0.2) is 45.6 Å². The highest BCUT2D eigenvalue weighted by molar-refractivity contribution is 6.27. The molecule has 0 N–H and O–H groups in total. The molecule has 0 fully saturated rings. The third-order valence-corrected chi connectivity index (χ3v) is 5.18. The van der Waals surface area contributed by atoms with E-state index in [1.807, 2.05) is 18.2 Å². The molecule has 0 saturated heterocycles. The minimum atomic E-state index is -0.426. The number of hydrogen-bond acceptors (Lipinski definition) is 5. The average molecular weight is 402 g/mol. The summed E-state index contributed by atoms with van der Waals surface area (Å²) >= 11 is 0. The van der Waals surface area contributed by atoms with Gasteiger partial charge in [-0.25, -0.2) is 14.1 Å². The number of aromatic nitrogens is 3. The van der Waals surface area contributed by atoms with Crippen LogP contribution in [0.4, 0.5) is 4.39 Å². The van der Waals surface area contributed by atoms with Gasteiger partial charge in [-0.05, 0) is 36.4 Å². The summed E-state index contributed by atoms with van der Waals surface area (Å²) in [5.74, 6) is -0.666. The first kappa shape index (κ1) is 18.0. The number of amides is 2. The molecule has 0 saturated carbocycles. The Kier molecular flexibility index (Phi) is 3.89. The molecule has 0 aliphatic carbocycles. The van der Waals surface area contributed by atoms with Crippen molar-refractivity contribution in [2.24, 2.45) is 0 Å². The third-order valence-electron chi connectivity index (χ3n) is 5.18. The van der Waals surface area contributed by atoms with E-state index in [1.165, 1.54) is 25.4 Å². The van der Waals surface area contributed by atoms with Crippen molar-refractivity contribution in [1.82, 2.24) is 19.7 Å². The van der Waals surface area contributed by atoms with Crippen LogP contribution >= 0.6 is 0 Å². The van der Waals surface area contributed by atoms with Crippen LogP contribution < -0.4 is 4.74 Å². The number of halogens is 1. The fraction of sp³-hybridized carbons (Fsp3) is 0.0909. The molecule has 2 aromatic heterocycles. The van der Waals surface area contributed by atoms with Gasteiger partial charge in [0.1, 0.15) is 22.9 Å². The number of fused-ring (bicyclic) bond motifs is 3. The largest absolute Gasteiger partial charge is 0.494 e. The van der Waals surface area contributed by atoms with Crippen molar-refractivity contribution in [3.05, 3.63) is 71.7 Å². The third kappa shape index (κ3) is 2.43. The van der Waals surface area contributed by atoms with Gasteiger partial charge in [0.2, 0.25) is 0 Å². The highest BCUT2D eigenvalue weighted by Gasteiger charge is 2.37. The minimum Gasteiger partial charge on any atom is -0.494 e. The van der Waals surface area contributed by atoms with Gasteiger partial charge < -0.3 is 4.74 Å². The van der Waals surface area contributed by atoms with E-state index in [-0.39, 0.29) is 16.9 Å². The second-order valence-electron chi connectivity index (χ2n) is 6.85. The van der Waals surface area contributed by atoms with Gasteiger partial charge in [-0.15, -0.1) is 0 Å². The Morgan fingerprint density at radius 3 is 2.47 bits per heavy atom. The second kappa shape index (κ2) is 6.48. The molecule has 0 radical (unpaired) electrons. The lowest BCUT2D eigenvalue weighted by Gasteiger charge is -2.08. The first-order valence-corrected chi connectivity index (χ1v) is 9.14. The van der Waals surface area contributed by atoms with Crippen molar-refractivity contribution >= 4 is 22.8 Å². The van der Waals surface area contributed by atoms with Gasteiger partial charge in [0, 0.05) is 18.8 Å². The minimum absolute atomic E-state index is 0.220. The number of rotatable bonds is 3. The fourth-order valence-corrected chi connectivity index (χ4v) is 3.69. The lowest BCUT2D eigenvalue weighted by molar-refractivity contribution is 0.0693. The first-order chi connectivity index (χ1) is 14.5. The Labute approximate surface area is 170 Å². The van der Waals surface area contributed by atoms with Gasteiger partial charge in [0.05, 0.1) is 23.6 Å². The Balaban J connectivity index is 1.90. The maximum absolute atomic E-state index is 13.5. The predicted octanol–water partition coefficient (Wildman–Crippen LogP) is 3.46. The number of carbonyl (C=O) groups is 2. The van der Waals surface area contributed by atoms with E-state index in [1.54, 1.807) is 30.0 Å². The zero-order valence-electron chi connectivity index (χ0n) is 16.1. The van der Waals surface area contributed by atoms with Crippen LogP contribution in [0.25, 0.3) is 28.0 Å². The summed E-state index contributed by atoms with van der Waals surface area (Å²) in [6.45, 7) is 0. The molecule has 0 atom stereocenters. The van der Waals surface area contributed by atoms with Crippen LogP contribution in [0.1, 0.15) is 20.7 Å². The van der Waals surface area contributed by atoms with E-state index in [4.69, 9.17) is 9.84 Å². The van der Waals surface area contributed by atoms with Crippen molar-refractivity contribution in [2.75, 3.05) is 14.2 Å². The summed E-state index contributed by atoms with van der Waals surface area (Å²) in [6, 6.07) is 13.1. The molecule has 148 valence electrons. The number of pyridine rings is 1. The van der Waals surface area contributed by atoms with Crippen LogP contribution in [0.5, 0.6) is 5.75 Å². The fourth-order valence-electron chi connectivity index (χ4n) is 3.69. The Morgan fingerprint density at radius 1 is 1.00 bits per heavy atom. The molecule has 4 aromatic rings. The van der Waals surface area contributed by atoms with Gasteiger partial charge in [-0.2, -0.15) is 5.10 Å². The van der Waals surface area contributed by atoms with Crippen LogP contribution in [-0.2, 0) is 0 Å². The van der Waals surface area contributed by atoms with Gasteiger partial charge in [-0.1, -0.05) is 12.1 Å². The molecule has 5 rings (SSSR count). The smallest absolute Gasteiger partial charge is 0.262 e. The summed E-state index contributed by atoms with van der Waals surface area (Å²) in [7, 11) is 2.98. The van der Waals surface area contributed by atoms with Crippen LogP contribution in [0.15, 0.2) is 54.7 Å². The lowest BCUT2D eigenvalue weighted by atomic mass is 10.0. The van der Waals surface area contributed by atoms with E-state index in [9.17, 15) is 14.0 Å². The molecule has 8 heteroatoms. The van der Waals surface area contributed by atoms with Gasteiger partial charge in [-0.3, -0.25) is 14.5 Å². The number of ether oxygens (including phenoxy) is 1. The van der Waals surface area contributed by atoms with E-state index in [0.29, 0.717) is 33.7 Å². The first-order valence-electron chi connectivity index (χ1n) is 9.14. The molecule has 3 heterocycles. The molecule has 30 heavy (non-hydrogen) atoms. The zero-order chi connectivity index (χ0) is 21.0. The molecule has 1 aliphatic rings. The Bertz CT molecular complexity index is 1340. The number of hydrogen-bond donors (Lipinski definition) is 0. The molecular weight excluding hydrogens is 387 g/mol. The summed E-state index contributed by atoms with van der Waals surface area (Å²) in [5, 5.41) is 5.14. The van der Waals surface area contributed by atoms with Gasteiger partial charge in [0.15, 0.2) is 5.65 Å². The van der Waals surface area contributed by atoms with Crippen LogP contribution in [0.2, 0.25) is 0 Å². The Morgan fingerprint density at radius 2 is 1.73 bits per heavy atom. The molecule has 0 unspecified atom stereocenters. The molecule has 1 aliphatic heterocycles. The summed E-state index contributed by atoms with van der Waals surface area (Å²) < 4.78 is 20.5. The molecule has 0 spiro atoms. The maximum Gasteiger partial charge on any atom is 0.262 e. The number of nitrogens with zero attached hydrogens (tertiary/aromatic N) is 4. The average Bonchev–Trinajstić information content (AvgIpc) is 3.26. The normalized spacial score (nSPS) is 13.2. The number of carbonyl (C=O) groups excluding carboxylic acids is 2. The highest BCUT2D eigenvalue weighted by Crippen LogP contribution is 2.37. The molecular formula is C22H15FN4O3. The van der Waals surface area contributed by atoms with Gasteiger partial charge >= 0.3 is 0 Å². The SMILES string of the molecule is COc1ccccc1-n1nc(-c2ccc(F)cc2)c2c3c(cnc21)C(=O)N(C)C3=O. The number of methoxy groups -OCH3 is 1. The number of imide groups is 1. The summed E-state index contributed by atoms with van der Waals surface area (Å²) in [5.41, 5.74) is 2.51. The van der Waals surface area contributed by atoms with E-state index < -0.39 is 11.8 Å². The van der Waals surface area contributed by atoms with E-state index >= 15 is 0 Å². The van der Waals surface area contributed by atoms with Crippen molar-refractivity contribution in [2.45, 2.75) is 0 Å². The quantitative estimate of drug-likeness (QED) is 0.491. The van der Waals surface area contributed by atoms with Crippen LogP contribution in [0.3, 0.4) is 0 Å². The van der Waals surface area contributed by atoms with Crippen molar-refractivity contribution in [3.63, 3.8) is 0 Å². The molecule has 0 bridgehead atoms. The van der Waals surface area contributed by atoms with Gasteiger partial charge in [0.25, 0.3) is 11.8 Å². The van der Waals surface area contributed by atoms with Crippen LogP contribution in [0, 0.1) is 5.82 Å². The standard InChI is InChI=1S/C22H15FN4O3/c1-26-21(28)14-11-24-20-18(17(14)22(26)29)19(12-7-9-13(23)10-8-12)25-27(20)15-5-3-4-6-16(15)30-2/h3-11H,1-2H3. The van der Waals surface area contributed by atoms with Crippen molar-refractivity contribution in [3.8, 4) is 22.7 Å².